The molecule has 0 N–H and O–H groups in total. The van der Waals surface area contributed by atoms with Crippen molar-refractivity contribution in [2.75, 3.05) is 6.61 Å². The van der Waals surface area contributed by atoms with Crippen molar-refractivity contribution < 1.29 is 4.74 Å². The van der Waals surface area contributed by atoms with Gasteiger partial charge < -0.3 is 4.74 Å². The molecule has 0 bridgehead atoms. The molecule has 1 aliphatic rings. The first-order chi connectivity index (χ1) is 4.93. The summed E-state index contributed by atoms with van der Waals surface area (Å²) in [5.74, 6) is 0. The molecule has 0 fully saturated rings. The summed E-state index contributed by atoms with van der Waals surface area (Å²) in [7, 11) is 0. The fraction of sp³-hybridized carbons (Fsp3) is 0.333. The lowest BCUT2D eigenvalue weighted by atomic mass is 10.1. The fourth-order valence-corrected chi connectivity index (χ4v) is 0.939. The molecule has 1 nitrogen and oxygen atoms in total. The molecule has 10 heavy (non-hydrogen) atoms. The number of ether oxygens (including phenoxy) is 1. The Morgan fingerprint density at radius 1 is 1.70 bits per heavy atom. The Labute approximate surface area is 61.7 Å². The SMILES string of the molecule is C=COCC1=CC=CCC1. The summed E-state index contributed by atoms with van der Waals surface area (Å²) in [5, 5.41) is 0. The van der Waals surface area contributed by atoms with E-state index in [1.54, 1.807) is 0 Å². The number of hydrogen-bond acceptors (Lipinski definition) is 1. The predicted octanol–water partition coefficient (Wildman–Crippen LogP) is 2.42. The minimum absolute atomic E-state index is 0.702. The van der Waals surface area contributed by atoms with E-state index in [4.69, 9.17) is 4.74 Å². The van der Waals surface area contributed by atoms with Crippen LogP contribution in [0, 0.1) is 0 Å². The normalized spacial score (nSPS) is 16.2. The number of hydrogen-bond donors (Lipinski definition) is 0. The van der Waals surface area contributed by atoms with E-state index in [9.17, 15) is 0 Å². The molecule has 0 atom stereocenters. The number of rotatable bonds is 3. The van der Waals surface area contributed by atoms with Crippen LogP contribution in [0.3, 0.4) is 0 Å². The molecule has 1 heteroatoms. The minimum atomic E-state index is 0.702. The van der Waals surface area contributed by atoms with Crippen LogP contribution in [0.1, 0.15) is 12.8 Å². The third kappa shape index (κ3) is 2.09. The van der Waals surface area contributed by atoms with Crippen LogP contribution in [0.2, 0.25) is 0 Å². The van der Waals surface area contributed by atoms with Crippen LogP contribution in [0.15, 0.2) is 36.6 Å². The average Bonchev–Trinajstić information content (AvgIpc) is 2.03. The molecule has 0 saturated heterocycles. The summed E-state index contributed by atoms with van der Waals surface area (Å²) in [4.78, 5) is 0. The van der Waals surface area contributed by atoms with E-state index in [0.29, 0.717) is 6.61 Å². The lowest BCUT2D eigenvalue weighted by Gasteiger charge is -2.07. The Morgan fingerprint density at radius 2 is 2.60 bits per heavy atom. The maximum Gasteiger partial charge on any atom is 0.109 e. The largest absolute Gasteiger partial charge is 0.497 e. The van der Waals surface area contributed by atoms with Gasteiger partial charge in [-0.05, 0) is 18.4 Å². The van der Waals surface area contributed by atoms with Crippen molar-refractivity contribution in [3.63, 3.8) is 0 Å². The van der Waals surface area contributed by atoms with Gasteiger partial charge in [-0.25, -0.2) is 0 Å². The molecule has 0 saturated carbocycles. The third-order valence-corrected chi connectivity index (χ3v) is 1.49. The van der Waals surface area contributed by atoms with E-state index >= 15 is 0 Å². The van der Waals surface area contributed by atoms with E-state index in [1.165, 1.54) is 11.8 Å². The molecule has 0 spiro atoms. The van der Waals surface area contributed by atoms with Crippen molar-refractivity contribution in [2.24, 2.45) is 0 Å². The smallest absolute Gasteiger partial charge is 0.109 e. The van der Waals surface area contributed by atoms with Crippen molar-refractivity contribution in [3.8, 4) is 0 Å². The lowest BCUT2D eigenvalue weighted by Crippen LogP contribution is -1.94. The van der Waals surface area contributed by atoms with Gasteiger partial charge in [0.25, 0.3) is 0 Å². The third-order valence-electron chi connectivity index (χ3n) is 1.49. The Kier molecular flexibility index (Phi) is 2.81. The van der Waals surface area contributed by atoms with Crippen LogP contribution in [0.5, 0.6) is 0 Å². The van der Waals surface area contributed by atoms with Gasteiger partial charge in [-0.15, -0.1) is 0 Å². The van der Waals surface area contributed by atoms with E-state index in [2.05, 4.69) is 24.8 Å². The zero-order chi connectivity index (χ0) is 7.23. The summed E-state index contributed by atoms with van der Waals surface area (Å²) in [5.41, 5.74) is 1.35. The van der Waals surface area contributed by atoms with Gasteiger partial charge in [-0.1, -0.05) is 24.8 Å². The molecule has 0 aromatic carbocycles. The van der Waals surface area contributed by atoms with Crippen LogP contribution < -0.4 is 0 Å². The molecule has 1 rings (SSSR count). The van der Waals surface area contributed by atoms with Crippen molar-refractivity contribution in [2.45, 2.75) is 12.8 Å². The molecule has 0 aromatic heterocycles. The zero-order valence-corrected chi connectivity index (χ0v) is 6.05. The maximum absolute atomic E-state index is 5.03. The molecular weight excluding hydrogens is 124 g/mol. The molecule has 0 radical (unpaired) electrons. The van der Waals surface area contributed by atoms with Gasteiger partial charge in [0.2, 0.25) is 0 Å². The predicted molar refractivity (Wildman–Crippen MR) is 42.6 cm³/mol. The number of allylic oxidation sites excluding steroid dienone is 3. The quantitative estimate of drug-likeness (QED) is 0.541. The second-order valence-electron chi connectivity index (χ2n) is 2.27. The highest BCUT2D eigenvalue weighted by molar-refractivity contribution is 5.17. The molecule has 54 valence electrons. The van der Waals surface area contributed by atoms with Crippen molar-refractivity contribution >= 4 is 0 Å². The monoisotopic (exact) mass is 136 g/mol. The molecule has 0 amide bonds. The summed E-state index contributed by atoms with van der Waals surface area (Å²) < 4.78 is 5.03. The molecular formula is C9H12O. The Morgan fingerprint density at radius 3 is 3.20 bits per heavy atom. The lowest BCUT2D eigenvalue weighted by molar-refractivity contribution is 0.278. The van der Waals surface area contributed by atoms with Gasteiger partial charge in [0, 0.05) is 0 Å². The van der Waals surface area contributed by atoms with Crippen molar-refractivity contribution in [3.05, 3.63) is 36.6 Å². The second-order valence-corrected chi connectivity index (χ2v) is 2.27. The zero-order valence-electron chi connectivity index (χ0n) is 6.05. The Bertz CT molecular complexity index is 166. The van der Waals surface area contributed by atoms with Crippen LogP contribution in [-0.4, -0.2) is 6.61 Å². The van der Waals surface area contributed by atoms with Gasteiger partial charge >= 0.3 is 0 Å². The second kappa shape index (κ2) is 3.94. The molecule has 1 aliphatic carbocycles. The Hall–Kier alpha value is -0.980. The first-order valence-corrected chi connectivity index (χ1v) is 3.50. The van der Waals surface area contributed by atoms with Crippen LogP contribution >= 0.6 is 0 Å². The highest BCUT2D eigenvalue weighted by Crippen LogP contribution is 2.11. The van der Waals surface area contributed by atoms with Crippen LogP contribution in [0.25, 0.3) is 0 Å². The van der Waals surface area contributed by atoms with E-state index in [-0.39, 0.29) is 0 Å². The average molecular weight is 136 g/mol. The first-order valence-electron chi connectivity index (χ1n) is 3.50. The minimum Gasteiger partial charge on any atom is -0.497 e. The summed E-state index contributed by atoms with van der Waals surface area (Å²) in [6.45, 7) is 4.18. The van der Waals surface area contributed by atoms with E-state index in [1.807, 2.05) is 0 Å². The molecule has 0 heterocycles. The van der Waals surface area contributed by atoms with Gasteiger partial charge in [0.05, 0.1) is 6.26 Å². The molecule has 0 unspecified atom stereocenters. The van der Waals surface area contributed by atoms with Crippen LogP contribution in [-0.2, 0) is 4.74 Å². The van der Waals surface area contributed by atoms with Gasteiger partial charge in [0.1, 0.15) is 6.61 Å². The molecule has 0 aliphatic heterocycles. The fourth-order valence-electron chi connectivity index (χ4n) is 0.939. The highest BCUT2D eigenvalue weighted by Gasteiger charge is 1.97. The van der Waals surface area contributed by atoms with Gasteiger partial charge in [-0.3, -0.25) is 0 Å². The topological polar surface area (TPSA) is 9.23 Å². The van der Waals surface area contributed by atoms with Crippen LogP contribution in [0.4, 0.5) is 0 Å². The van der Waals surface area contributed by atoms with Crippen molar-refractivity contribution in [1.82, 2.24) is 0 Å². The van der Waals surface area contributed by atoms with Crippen molar-refractivity contribution in [1.29, 1.82) is 0 Å². The summed E-state index contributed by atoms with van der Waals surface area (Å²) in [6, 6.07) is 0. The highest BCUT2D eigenvalue weighted by atomic mass is 16.5. The van der Waals surface area contributed by atoms with E-state index in [0.717, 1.165) is 12.8 Å². The van der Waals surface area contributed by atoms with Gasteiger partial charge in [0.15, 0.2) is 0 Å². The first kappa shape index (κ1) is 7.13. The van der Waals surface area contributed by atoms with Gasteiger partial charge in [-0.2, -0.15) is 0 Å². The van der Waals surface area contributed by atoms with E-state index < -0.39 is 0 Å². The summed E-state index contributed by atoms with van der Waals surface area (Å²) >= 11 is 0. The summed E-state index contributed by atoms with van der Waals surface area (Å²) in [6.07, 6.45) is 10.1. The maximum atomic E-state index is 5.03. The standard InChI is InChI=1S/C9H12O/c1-2-10-8-9-6-4-3-5-7-9/h2-4,6H,1,5,7-8H2. The molecule has 0 aromatic rings. The Balaban J connectivity index is 2.32.